The van der Waals surface area contributed by atoms with Crippen LogP contribution in [0.15, 0.2) is 30.4 Å². The van der Waals surface area contributed by atoms with Gasteiger partial charge in [0.25, 0.3) is 0 Å². The van der Waals surface area contributed by atoms with Gasteiger partial charge in [-0.1, -0.05) is 25.2 Å². The van der Waals surface area contributed by atoms with E-state index in [0.717, 1.165) is 0 Å². The van der Waals surface area contributed by atoms with Gasteiger partial charge < -0.3 is 25.4 Å². The van der Waals surface area contributed by atoms with E-state index in [9.17, 15) is 24.9 Å². The van der Waals surface area contributed by atoms with Crippen molar-refractivity contribution < 1.29 is 29.6 Å². The second kappa shape index (κ2) is 9.52. The number of nitrogens with one attached hydrogen (secondary N) is 1. The van der Waals surface area contributed by atoms with Crippen LogP contribution in [0, 0.1) is 5.92 Å². The molecule has 28 heavy (non-hydrogen) atoms. The molecule has 0 bridgehead atoms. The third-order valence-corrected chi connectivity index (χ3v) is 4.66. The van der Waals surface area contributed by atoms with Gasteiger partial charge in [0.2, 0.25) is 0 Å². The van der Waals surface area contributed by atoms with E-state index in [0.29, 0.717) is 17.8 Å². The van der Waals surface area contributed by atoms with Gasteiger partial charge in [0.15, 0.2) is 5.78 Å². The summed E-state index contributed by atoms with van der Waals surface area (Å²) in [6.07, 6.45) is 2.37. The van der Waals surface area contributed by atoms with Gasteiger partial charge in [-0.3, -0.25) is 4.79 Å². The number of hydrogen-bond acceptors (Lipinski definition) is 7. The number of carbonyl (C=O) groups excluding carboxylic acids is 2. The third kappa shape index (κ3) is 5.21. The van der Waals surface area contributed by atoms with Crippen LogP contribution in [-0.2, 0) is 9.53 Å². The van der Waals surface area contributed by atoms with Crippen LogP contribution in [0.4, 0.5) is 5.69 Å². The Balaban J connectivity index is 2.50. The molecule has 0 aromatic heterocycles. The molecule has 0 saturated carbocycles. The molecule has 0 spiro atoms. The van der Waals surface area contributed by atoms with Crippen molar-refractivity contribution in [2.24, 2.45) is 5.92 Å². The molecule has 7 heteroatoms. The van der Waals surface area contributed by atoms with E-state index < -0.39 is 30.1 Å². The number of fused-ring (bicyclic) bond motifs is 1. The first kappa shape index (κ1) is 21.7. The zero-order chi connectivity index (χ0) is 20.8. The zero-order valence-electron chi connectivity index (χ0n) is 16.3. The van der Waals surface area contributed by atoms with Crippen LogP contribution in [0.5, 0.6) is 5.75 Å². The highest BCUT2D eigenvalue weighted by atomic mass is 16.5. The summed E-state index contributed by atoms with van der Waals surface area (Å²) in [6.45, 7) is 5.96. The molecule has 1 aromatic carbocycles. The van der Waals surface area contributed by atoms with E-state index in [1.165, 1.54) is 24.3 Å². The highest BCUT2D eigenvalue weighted by molar-refractivity contribution is 5.97. The van der Waals surface area contributed by atoms with E-state index in [2.05, 4.69) is 5.32 Å². The van der Waals surface area contributed by atoms with Crippen LogP contribution in [0.3, 0.4) is 0 Å². The van der Waals surface area contributed by atoms with Crippen molar-refractivity contribution in [1.82, 2.24) is 0 Å². The van der Waals surface area contributed by atoms with Gasteiger partial charge >= 0.3 is 5.97 Å². The molecule has 1 aliphatic heterocycles. The lowest BCUT2D eigenvalue weighted by molar-refractivity contribution is -0.127. The SMILES string of the molecule is CCNc1cc(O)c2c(c1)/C=C/C[C@H](O)[C@H](O)C(=O)/C=C\[C@@H](C)[C@H](C)OC2=O. The summed E-state index contributed by atoms with van der Waals surface area (Å²) in [4.78, 5) is 24.7. The minimum Gasteiger partial charge on any atom is -0.507 e. The average molecular weight is 389 g/mol. The normalized spacial score (nSPS) is 28.6. The fourth-order valence-electron chi connectivity index (χ4n) is 2.80. The van der Waals surface area contributed by atoms with Gasteiger partial charge in [-0.05, 0) is 38.0 Å². The summed E-state index contributed by atoms with van der Waals surface area (Å²) in [5, 5.41) is 33.5. The van der Waals surface area contributed by atoms with Crippen molar-refractivity contribution in [2.45, 2.75) is 45.5 Å². The van der Waals surface area contributed by atoms with Crippen LogP contribution in [-0.4, -0.2) is 51.9 Å². The van der Waals surface area contributed by atoms with Crippen molar-refractivity contribution in [1.29, 1.82) is 0 Å². The summed E-state index contributed by atoms with van der Waals surface area (Å²) in [5.74, 6) is -1.84. The Morgan fingerprint density at radius 1 is 1.18 bits per heavy atom. The number of aliphatic hydroxyl groups is 2. The number of ether oxygens (including phenoxy) is 1. The monoisotopic (exact) mass is 389 g/mol. The Morgan fingerprint density at radius 2 is 1.89 bits per heavy atom. The maximum Gasteiger partial charge on any atom is 0.342 e. The van der Waals surface area contributed by atoms with Crippen LogP contribution >= 0.6 is 0 Å². The molecule has 0 unspecified atom stereocenters. The number of esters is 1. The third-order valence-electron chi connectivity index (χ3n) is 4.66. The summed E-state index contributed by atoms with van der Waals surface area (Å²) in [7, 11) is 0. The van der Waals surface area contributed by atoms with E-state index >= 15 is 0 Å². The lowest BCUT2D eigenvalue weighted by atomic mass is 9.99. The smallest absolute Gasteiger partial charge is 0.342 e. The molecule has 0 fully saturated rings. The molecule has 152 valence electrons. The van der Waals surface area contributed by atoms with Crippen molar-refractivity contribution in [2.75, 3.05) is 11.9 Å². The van der Waals surface area contributed by atoms with Crippen molar-refractivity contribution >= 4 is 23.5 Å². The molecule has 0 radical (unpaired) electrons. The highest BCUT2D eigenvalue weighted by Crippen LogP contribution is 2.29. The van der Waals surface area contributed by atoms with Crippen molar-refractivity contribution in [3.05, 3.63) is 41.5 Å². The summed E-state index contributed by atoms with van der Waals surface area (Å²) in [5.41, 5.74) is 1.04. The standard InChI is InChI=1S/C21H27NO6/c1-4-22-15-10-14-6-5-7-16(23)20(26)17(24)9-8-12(2)13(3)28-21(27)19(14)18(25)11-15/h5-6,8-13,16,20,22-23,25-26H,4,7H2,1-3H3/b6-5+,9-8-/t12-,13+,16+,20+/m1/s1. The molecule has 2 rings (SSSR count). The van der Waals surface area contributed by atoms with E-state index in [1.807, 2.05) is 6.92 Å². The van der Waals surface area contributed by atoms with E-state index in [-0.39, 0.29) is 23.7 Å². The number of aromatic hydroxyl groups is 1. The number of benzene rings is 1. The van der Waals surface area contributed by atoms with Crippen LogP contribution in [0.2, 0.25) is 0 Å². The number of cyclic esters (lactones) is 1. The molecule has 4 N–H and O–H groups in total. The van der Waals surface area contributed by atoms with Gasteiger partial charge in [-0.15, -0.1) is 0 Å². The first-order valence-corrected chi connectivity index (χ1v) is 9.31. The van der Waals surface area contributed by atoms with Crippen LogP contribution in [0.25, 0.3) is 6.08 Å². The highest BCUT2D eigenvalue weighted by Gasteiger charge is 2.25. The quantitative estimate of drug-likeness (QED) is 0.573. The number of phenolic OH excluding ortho intramolecular Hbond substituents is 1. The Hall–Kier alpha value is -2.64. The Kier molecular flexibility index (Phi) is 7.37. The molecule has 4 atom stereocenters. The molecule has 1 aliphatic rings. The average Bonchev–Trinajstić information content (AvgIpc) is 2.64. The molecule has 0 aliphatic carbocycles. The fourth-order valence-corrected chi connectivity index (χ4v) is 2.80. The lowest BCUT2D eigenvalue weighted by Gasteiger charge is -2.20. The van der Waals surface area contributed by atoms with Gasteiger partial charge in [0, 0.05) is 24.2 Å². The Labute approximate surface area is 164 Å². The summed E-state index contributed by atoms with van der Waals surface area (Å²) >= 11 is 0. The predicted octanol–water partition coefficient (Wildman–Crippen LogP) is 2.27. The molecule has 0 amide bonds. The second-order valence-corrected chi connectivity index (χ2v) is 6.87. The number of carbonyl (C=O) groups is 2. The number of hydrogen-bond donors (Lipinski definition) is 4. The first-order valence-electron chi connectivity index (χ1n) is 9.31. The van der Waals surface area contributed by atoms with E-state index in [4.69, 9.17) is 4.74 Å². The van der Waals surface area contributed by atoms with Crippen molar-refractivity contribution in [3.8, 4) is 5.75 Å². The van der Waals surface area contributed by atoms with Gasteiger partial charge in [-0.25, -0.2) is 4.79 Å². The van der Waals surface area contributed by atoms with Crippen LogP contribution < -0.4 is 5.32 Å². The number of ketones is 1. The minimum atomic E-state index is -1.55. The number of phenols is 1. The van der Waals surface area contributed by atoms with Gasteiger partial charge in [0.05, 0.1) is 6.10 Å². The predicted molar refractivity (Wildman–Crippen MR) is 106 cm³/mol. The molecule has 7 nitrogen and oxygen atoms in total. The summed E-state index contributed by atoms with van der Waals surface area (Å²) in [6, 6.07) is 3.13. The molecular weight excluding hydrogens is 362 g/mol. The van der Waals surface area contributed by atoms with Crippen LogP contribution in [0.1, 0.15) is 43.1 Å². The summed E-state index contributed by atoms with van der Waals surface area (Å²) < 4.78 is 5.47. The molecule has 1 heterocycles. The zero-order valence-corrected chi connectivity index (χ0v) is 16.3. The molecule has 0 saturated heterocycles. The number of aliphatic hydroxyl groups excluding tert-OH is 2. The van der Waals surface area contributed by atoms with E-state index in [1.54, 1.807) is 26.0 Å². The second-order valence-electron chi connectivity index (χ2n) is 6.87. The Bertz CT molecular complexity index is 785. The van der Waals surface area contributed by atoms with Crippen molar-refractivity contribution in [3.63, 3.8) is 0 Å². The maximum absolute atomic E-state index is 12.7. The van der Waals surface area contributed by atoms with Gasteiger partial charge in [0.1, 0.15) is 23.5 Å². The molecule has 1 aromatic rings. The largest absolute Gasteiger partial charge is 0.507 e. The fraction of sp³-hybridized carbons (Fsp3) is 0.429. The number of anilines is 1. The minimum absolute atomic E-state index is 0.00656. The van der Waals surface area contributed by atoms with Gasteiger partial charge in [-0.2, -0.15) is 0 Å². The lowest BCUT2D eigenvalue weighted by Crippen LogP contribution is -2.32. The number of rotatable bonds is 2. The molecular formula is C21H27NO6. The Morgan fingerprint density at radius 3 is 2.57 bits per heavy atom. The first-order chi connectivity index (χ1) is 13.2. The topological polar surface area (TPSA) is 116 Å². The maximum atomic E-state index is 12.7.